The predicted molar refractivity (Wildman–Crippen MR) is 115 cm³/mol. The molecule has 0 saturated carbocycles. The lowest BCUT2D eigenvalue weighted by Gasteiger charge is -2.30. The van der Waals surface area contributed by atoms with Crippen molar-refractivity contribution in [2.24, 2.45) is 5.41 Å². The molecule has 0 fully saturated rings. The first-order chi connectivity index (χ1) is 12.6. The van der Waals surface area contributed by atoms with Crippen LogP contribution in [0.2, 0.25) is 0 Å². The predicted octanol–water partition coefficient (Wildman–Crippen LogP) is 8.31. The van der Waals surface area contributed by atoms with Crippen LogP contribution in [0.4, 0.5) is 0 Å². The molecule has 0 bridgehead atoms. The third-order valence-corrected chi connectivity index (χ3v) is 6.26. The first-order valence-electron chi connectivity index (χ1n) is 11.5. The van der Waals surface area contributed by atoms with E-state index >= 15 is 0 Å². The quantitative estimate of drug-likeness (QED) is 0.184. The Morgan fingerprint density at radius 1 is 0.692 bits per heavy atom. The molecule has 2 heteroatoms. The van der Waals surface area contributed by atoms with Gasteiger partial charge in [-0.25, -0.2) is 0 Å². The van der Waals surface area contributed by atoms with Crippen molar-refractivity contribution in [2.45, 2.75) is 130 Å². The van der Waals surface area contributed by atoms with Gasteiger partial charge < -0.3 is 5.11 Å². The summed E-state index contributed by atoms with van der Waals surface area (Å²) in [4.78, 5) is 10.4. The van der Waals surface area contributed by atoms with Crippen molar-refractivity contribution in [2.75, 3.05) is 0 Å². The van der Waals surface area contributed by atoms with Crippen LogP contribution in [0.3, 0.4) is 0 Å². The molecule has 0 aliphatic carbocycles. The fourth-order valence-corrected chi connectivity index (χ4v) is 3.88. The zero-order chi connectivity index (χ0) is 19.5. The molecular formula is C24H46O2. The van der Waals surface area contributed by atoms with Crippen molar-refractivity contribution in [3.05, 3.63) is 12.2 Å². The van der Waals surface area contributed by atoms with Gasteiger partial charge in [-0.2, -0.15) is 0 Å². The second kappa shape index (κ2) is 17.6. The Kier molecular flexibility index (Phi) is 17.1. The fraction of sp³-hybridized carbons (Fsp3) is 0.875. The van der Waals surface area contributed by atoms with Gasteiger partial charge in [0.2, 0.25) is 0 Å². The summed E-state index contributed by atoms with van der Waals surface area (Å²) in [5, 5.41) is 8.57. The van der Waals surface area contributed by atoms with Gasteiger partial charge in [0.25, 0.3) is 0 Å². The van der Waals surface area contributed by atoms with Crippen LogP contribution in [0.5, 0.6) is 0 Å². The van der Waals surface area contributed by atoms with Crippen LogP contribution in [-0.2, 0) is 4.79 Å². The molecule has 0 aromatic rings. The number of rotatable bonds is 19. The van der Waals surface area contributed by atoms with Crippen molar-refractivity contribution in [1.29, 1.82) is 0 Å². The van der Waals surface area contributed by atoms with E-state index in [0.29, 0.717) is 11.8 Å². The summed E-state index contributed by atoms with van der Waals surface area (Å²) in [5.74, 6) is -0.663. The third kappa shape index (κ3) is 14.4. The number of allylic oxidation sites excluding steroid dienone is 2. The van der Waals surface area contributed by atoms with E-state index in [0.717, 1.165) is 12.8 Å². The highest BCUT2D eigenvalue weighted by atomic mass is 16.4. The van der Waals surface area contributed by atoms with E-state index in [-0.39, 0.29) is 0 Å². The molecule has 0 atom stereocenters. The molecule has 0 radical (unpaired) electrons. The lowest BCUT2D eigenvalue weighted by Crippen LogP contribution is -2.17. The van der Waals surface area contributed by atoms with E-state index in [2.05, 4.69) is 32.9 Å². The highest BCUT2D eigenvalue weighted by Crippen LogP contribution is 2.36. The Balaban J connectivity index is 3.35. The van der Waals surface area contributed by atoms with Crippen molar-refractivity contribution < 1.29 is 9.90 Å². The van der Waals surface area contributed by atoms with Crippen molar-refractivity contribution >= 4 is 5.97 Å². The lowest BCUT2D eigenvalue weighted by molar-refractivity contribution is -0.137. The van der Waals surface area contributed by atoms with E-state index in [9.17, 15) is 4.79 Å². The molecule has 0 saturated heterocycles. The molecule has 0 heterocycles. The largest absolute Gasteiger partial charge is 0.481 e. The minimum absolute atomic E-state index is 0.330. The highest BCUT2D eigenvalue weighted by molar-refractivity contribution is 5.66. The van der Waals surface area contributed by atoms with Crippen LogP contribution >= 0.6 is 0 Å². The Labute approximate surface area is 163 Å². The Bertz CT molecular complexity index is 334. The topological polar surface area (TPSA) is 37.3 Å². The third-order valence-electron chi connectivity index (χ3n) is 6.26. The second-order valence-electron chi connectivity index (χ2n) is 8.04. The van der Waals surface area contributed by atoms with Crippen LogP contribution in [-0.4, -0.2) is 11.1 Å². The van der Waals surface area contributed by atoms with E-state index in [1.54, 1.807) is 0 Å². The van der Waals surface area contributed by atoms with Gasteiger partial charge in [-0.3, -0.25) is 4.79 Å². The fourth-order valence-electron chi connectivity index (χ4n) is 3.88. The van der Waals surface area contributed by atoms with E-state index in [1.807, 2.05) is 0 Å². The second-order valence-corrected chi connectivity index (χ2v) is 8.04. The number of hydrogen-bond acceptors (Lipinski definition) is 1. The molecule has 0 amide bonds. The zero-order valence-corrected chi connectivity index (χ0v) is 18.0. The van der Waals surface area contributed by atoms with Crippen LogP contribution in [0.15, 0.2) is 12.2 Å². The van der Waals surface area contributed by atoms with Gasteiger partial charge in [0.05, 0.1) is 0 Å². The molecule has 154 valence electrons. The standard InChI is InChI=1S/C24H46O2/c1-4-24(5-2,6-3)22-20-18-16-14-12-10-8-7-9-11-13-15-17-19-21-23(25)26/h7-8H,4-6,9-22H2,1-3H3,(H,25,26)/b8-7-. The Morgan fingerprint density at radius 2 is 1.12 bits per heavy atom. The van der Waals surface area contributed by atoms with Crippen LogP contribution in [0.25, 0.3) is 0 Å². The molecule has 0 spiro atoms. The molecule has 1 N–H and O–H groups in total. The number of carbonyl (C=O) groups is 1. The summed E-state index contributed by atoms with van der Waals surface area (Å²) in [7, 11) is 0. The average Bonchev–Trinajstić information content (AvgIpc) is 2.65. The smallest absolute Gasteiger partial charge is 0.303 e. The summed E-state index contributed by atoms with van der Waals surface area (Å²) in [6.45, 7) is 7.08. The Hall–Kier alpha value is -0.790. The molecule has 0 aromatic heterocycles. The maximum Gasteiger partial charge on any atom is 0.303 e. The van der Waals surface area contributed by atoms with Gasteiger partial charge in [-0.15, -0.1) is 0 Å². The number of hydrogen-bond donors (Lipinski definition) is 1. The van der Waals surface area contributed by atoms with E-state index < -0.39 is 5.97 Å². The van der Waals surface area contributed by atoms with E-state index in [1.165, 1.54) is 89.9 Å². The van der Waals surface area contributed by atoms with Gasteiger partial charge in [0.15, 0.2) is 0 Å². The number of aliphatic carboxylic acids is 1. The van der Waals surface area contributed by atoms with Crippen LogP contribution in [0.1, 0.15) is 130 Å². The summed E-state index contributed by atoms with van der Waals surface area (Å²) in [6.07, 6.45) is 25.4. The maximum absolute atomic E-state index is 10.4. The normalized spacial score (nSPS) is 12.1. The molecule has 26 heavy (non-hydrogen) atoms. The average molecular weight is 367 g/mol. The van der Waals surface area contributed by atoms with Crippen molar-refractivity contribution in [3.63, 3.8) is 0 Å². The molecule has 0 aliphatic heterocycles. The number of unbranched alkanes of at least 4 members (excludes halogenated alkanes) is 10. The molecule has 0 rings (SSSR count). The van der Waals surface area contributed by atoms with Gasteiger partial charge in [-0.1, -0.05) is 97.1 Å². The monoisotopic (exact) mass is 366 g/mol. The number of carboxylic acids is 1. The summed E-state index contributed by atoms with van der Waals surface area (Å²) >= 11 is 0. The lowest BCUT2D eigenvalue weighted by atomic mass is 9.75. The molecular weight excluding hydrogens is 320 g/mol. The van der Waals surface area contributed by atoms with Gasteiger partial charge in [-0.05, 0) is 43.9 Å². The van der Waals surface area contributed by atoms with Crippen molar-refractivity contribution in [1.82, 2.24) is 0 Å². The Morgan fingerprint density at radius 3 is 1.58 bits per heavy atom. The van der Waals surface area contributed by atoms with Gasteiger partial charge >= 0.3 is 5.97 Å². The highest BCUT2D eigenvalue weighted by Gasteiger charge is 2.22. The SMILES string of the molecule is CCC(CC)(CC)CCCCCCC/C=C\CCCCCCCC(=O)O. The molecule has 0 unspecified atom stereocenters. The minimum atomic E-state index is -0.663. The number of carboxylic acid groups (broad SMARTS) is 1. The van der Waals surface area contributed by atoms with Gasteiger partial charge in [0.1, 0.15) is 0 Å². The molecule has 2 nitrogen and oxygen atoms in total. The van der Waals surface area contributed by atoms with Crippen LogP contribution in [0, 0.1) is 5.41 Å². The molecule has 0 aliphatic rings. The summed E-state index contributed by atoms with van der Waals surface area (Å²) in [6, 6.07) is 0. The molecule has 0 aromatic carbocycles. The maximum atomic E-state index is 10.4. The minimum Gasteiger partial charge on any atom is -0.481 e. The van der Waals surface area contributed by atoms with Crippen molar-refractivity contribution in [3.8, 4) is 0 Å². The first-order valence-corrected chi connectivity index (χ1v) is 11.5. The summed E-state index contributed by atoms with van der Waals surface area (Å²) < 4.78 is 0. The first kappa shape index (κ1) is 25.2. The van der Waals surface area contributed by atoms with Gasteiger partial charge in [0, 0.05) is 6.42 Å². The summed E-state index contributed by atoms with van der Waals surface area (Å²) in [5.41, 5.74) is 0.624. The van der Waals surface area contributed by atoms with Crippen LogP contribution < -0.4 is 0 Å². The van der Waals surface area contributed by atoms with E-state index in [4.69, 9.17) is 5.11 Å². The zero-order valence-electron chi connectivity index (χ0n) is 18.0.